The largest absolute Gasteiger partial charge is 0.454 e. The fourth-order valence-corrected chi connectivity index (χ4v) is 2.04. The molecule has 1 heterocycles. The molecule has 0 bridgehead atoms. The van der Waals surface area contributed by atoms with Crippen LogP contribution in [0.4, 0.5) is 0 Å². The molecule has 5 heteroatoms. The van der Waals surface area contributed by atoms with Gasteiger partial charge in [-0.2, -0.15) is 0 Å². The van der Waals surface area contributed by atoms with Gasteiger partial charge in [0.05, 0.1) is 23.0 Å². The van der Waals surface area contributed by atoms with Gasteiger partial charge >= 0.3 is 0 Å². The summed E-state index contributed by atoms with van der Waals surface area (Å²) in [5, 5.41) is 10.2. The number of hydrogen-bond acceptors (Lipinski definition) is 3. The van der Waals surface area contributed by atoms with Crippen molar-refractivity contribution < 1.29 is 9.84 Å². The van der Waals surface area contributed by atoms with E-state index in [1.807, 2.05) is 13.0 Å². The van der Waals surface area contributed by atoms with Crippen molar-refractivity contribution in [1.29, 1.82) is 0 Å². The number of aromatic nitrogens is 1. The van der Waals surface area contributed by atoms with Gasteiger partial charge in [-0.05, 0) is 36.8 Å². The number of ether oxygens (including phenoxy) is 1. The molecule has 0 aliphatic rings. The first kappa shape index (κ1) is 14.3. The van der Waals surface area contributed by atoms with Crippen LogP contribution in [0.25, 0.3) is 0 Å². The van der Waals surface area contributed by atoms with Crippen LogP contribution in [-0.4, -0.2) is 10.1 Å². The Labute approximate surface area is 125 Å². The van der Waals surface area contributed by atoms with Crippen LogP contribution in [0.2, 0.25) is 5.02 Å². The molecule has 1 atom stereocenters. The average molecular weight is 343 g/mol. The number of aliphatic hydroxyl groups excluding tert-OH is 1. The molecule has 0 radical (unpaired) electrons. The summed E-state index contributed by atoms with van der Waals surface area (Å²) in [6.45, 7) is 1.90. The van der Waals surface area contributed by atoms with Crippen molar-refractivity contribution in [3.63, 3.8) is 0 Å². The molecule has 0 unspecified atom stereocenters. The molecular weight excluding hydrogens is 330 g/mol. The van der Waals surface area contributed by atoms with E-state index in [2.05, 4.69) is 20.9 Å². The molecule has 0 fully saturated rings. The van der Waals surface area contributed by atoms with Crippen LogP contribution < -0.4 is 4.74 Å². The van der Waals surface area contributed by atoms with E-state index >= 15 is 0 Å². The number of aliphatic hydroxyl groups is 1. The van der Waals surface area contributed by atoms with E-state index < -0.39 is 6.10 Å². The number of benzene rings is 1. The Balaban J connectivity index is 2.17. The predicted octanol–water partition coefficient (Wildman–Crippen LogP) is 4.73. The molecule has 1 N–H and O–H groups in total. The molecule has 0 amide bonds. The zero-order chi connectivity index (χ0) is 13.8. The van der Waals surface area contributed by atoms with E-state index in [0.717, 1.165) is 4.47 Å². The normalized spacial score (nSPS) is 12.2. The Morgan fingerprint density at radius 2 is 2.16 bits per heavy atom. The van der Waals surface area contributed by atoms with Gasteiger partial charge in [-0.15, -0.1) is 0 Å². The molecule has 2 rings (SSSR count). The van der Waals surface area contributed by atoms with E-state index in [0.29, 0.717) is 28.6 Å². The van der Waals surface area contributed by atoms with Gasteiger partial charge in [0.2, 0.25) is 0 Å². The average Bonchev–Trinajstić information content (AvgIpc) is 2.43. The van der Waals surface area contributed by atoms with Crippen molar-refractivity contribution in [2.24, 2.45) is 0 Å². The van der Waals surface area contributed by atoms with Gasteiger partial charge in [0, 0.05) is 4.47 Å². The summed E-state index contributed by atoms with van der Waals surface area (Å²) < 4.78 is 6.54. The summed E-state index contributed by atoms with van der Waals surface area (Å²) in [6, 6.07) is 8.89. The molecule has 2 aromatic rings. The first-order valence-electron chi connectivity index (χ1n) is 5.87. The summed E-state index contributed by atoms with van der Waals surface area (Å²) in [5.41, 5.74) is 0.634. The molecule has 3 nitrogen and oxygen atoms in total. The fourth-order valence-electron chi connectivity index (χ4n) is 1.54. The van der Waals surface area contributed by atoms with Crippen LogP contribution in [0.15, 0.2) is 41.0 Å². The molecule has 0 spiro atoms. The van der Waals surface area contributed by atoms with Crippen molar-refractivity contribution >= 4 is 27.5 Å². The third kappa shape index (κ3) is 3.69. The van der Waals surface area contributed by atoms with Crippen molar-refractivity contribution in [1.82, 2.24) is 4.98 Å². The third-order valence-electron chi connectivity index (χ3n) is 2.61. The van der Waals surface area contributed by atoms with Crippen LogP contribution in [0.1, 0.15) is 25.1 Å². The molecule has 0 aliphatic carbocycles. The maximum atomic E-state index is 9.66. The van der Waals surface area contributed by atoms with Crippen LogP contribution >= 0.6 is 27.5 Å². The lowest BCUT2D eigenvalue weighted by atomic mass is 10.2. The van der Waals surface area contributed by atoms with Crippen LogP contribution in [0, 0.1) is 0 Å². The van der Waals surface area contributed by atoms with E-state index in [-0.39, 0.29) is 0 Å². The van der Waals surface area contributed by atoms with Gasteiger partial charge in [0.15, 0.2) is 0 Å². The van der Waals surface area contributed by atoms with Crippen LogP contribution in [0.5, 0.6) is 11.5 Å². The maximum absolute atomic E-state index is 9.66. The van der Waals surface area contributed by atoms with E-state index in [4.69, 9.17) is 16.3 Å². The Hall–Kier alpha value is -1.10. The standard InChI is InChI=1S/C14H13BrClNO2/c1-2-13(18)12-6-4-10(8-17-12)19-14-7-9(15)3-5-11(14)16/h3-8,13,18H,2H2,1H3/t13-/m1/s1. The monoisotopic (exact) mass is 341 g/mol. The number of nitrogens with zero attached hydrogens (tertiary/aromatic N) is 1. The highest BCUT2D eigenvalue weighted by Crippen LogP contribution is 2.32. The van der Waals surface area contributed by atoms with Crippen LogP contribution in [0.3, 0.4) is 0 Å². The van der Waals surface area contributed by atoms with E-state index in [1.54, 1.807) is 30.5 Å². The highest BCUT2D eigenvalue weighted by molar-refractivity contribution is 9.10. The number of pyridine rings is 1. The first-order chi connectivity index (χ1) is 9.10. The van der Waals surface area contributed by atoms with Crippen molar-refractivity contribution in [2.75, 3.05) is 0 Å². The second-order valence-electron chi connectivity index (χ2n) is 4.02. The summed E-state index contributed by atoms with van der Waals surface area (Å²) >= 11 is 9.41. The minimum atomic E-state index is -0.538. The second-order valence-corrected chi connectivity index (χ2v) is 5.34. The lowest BCUT2D eigenvalue weighted by Gasteiger charge is -2.10. The Bertz CT molecular complexity index is 560. The highest BCUT2D eigenvalue weighted by Gasteiger charge is 2.08. The highest BCUT2D eigenvalue weighted by atomic mass is 79.9. The third-order valence-corrected chi connectivity index (χ3v) is 3.41. The first-order valence-corrected chi connectivity index (χ1v) is 7.04. The van der Waals surface area contributed by atoms with E-state index in [1.165, 1.54) is 0 Å². The minimum Gasteiger partial charge on any atom is -0.454 e. The molecule has 1 aromatic heterocycles. The lowest BCUT2D eigenvalue weighted by molar-refractivity contribution is 0.169. The maximum Gasteiger partial charge on any atom is 0.147 e. The van der Waals surface area contributed by atoms with Gasteiger partial charge in [-0.25, -0.2) is 0 Å². The molecule has 0 saturated carbocycles. The summed E-state index contributed by atoms with van der Waals surface area (Å²) in [4.78, 5) is 4.17. The lowest BCUT2D eigenvalue weighted by Crippen LogP contribution is -1.98. The van der Waals surface area contributed by atoms with Crippen molar-refractivity contribution in [3.05, 3.63) is 51.7 Å². The number of hydrogen-bond donors (Lipinski definition) is 1. The molecule has 0 aliphatic heterocycles. The Morgan fingerprint density at radius 1 is 1.37 bits per heavy atom. The summed E-state index contributed by atoms with van der Waals surface area (Å²) in [7, 11) is 0. The smallest absolute Gasteiger partial charge is 0.147 e. The SMILES string of the molecule is CC[C@@H](O)c1ccc(Oc2cc(Br)ccc2Cl)cn1. The Morgan fingerprint density at radius 3 is 2.79 bits per heavy atom. The van der Waals surface area contributed by atoms with E-state index in [9.17, 15) is 5.11 Å². The summed E-state index contributed by atoms with van der Waals surface area (Å²) in [5.74, 6) is 1.13. The van der Waals surface area contributed by atoms with Crippen molar-refractivity contribution in [2.45, 2.75) is 19.4 Å². The van der Waals surface area contributed by atoms with Gasteiger partial charge in [-0.1, -0.05) is 34.5 Å². The molecule has 100 valence electrons. The second kappa shape index (κ2) is 6.37. The number of halogens is 2. The molecule has 1 aromatic carbocycles. The van der Waals surface area contributed by atoms with Gasteiger partial charge in [0.25, 0.3) is 0 Å². The van der Waals surface area contributed by atoms with Gasteiger partial charge in [0.1, 0.15) is 11.5 Å². The van der Waals surface area contributed by atoms with Crippen LogP contribution in [-0.2, 0) is 0 Å². The molecule has 19 heavy (non-hydrogen) atoms. The molecule has 0 saturated heterocycles. The zero-order valence-corrected chi connectivity index (χ0v) is 12.6. The van der Waals surface area contributed by atoms with Gasteiger partial charge in [-0.3, -0.25) is 4.98 Å². The predicted molar refractivity (Wildman–Crippen MR) is 78.7 cm³/mol. The topological polar surface area (TPSA) is 42.4 Å². The quantitative estimate of drug-likeness (QED) is 0.873. The molecular formula is C14H13BrClNO2. The van der Waals surface area contributed by atoms with Gasteiger partial charge < -0.3 is 9.84 Å². The summed E-state index contributed by atoms with van der Waals surface area (Å²) in [6.07, 6.45) is 1.67. The minimum absolute atomic E-state index is 0.529. The number of rotatable bonds is 4. The van der Waals surface area contributed by atoms with Crippen molar-refractivity contribution in [3.8, 4) is 11.5 Å². The Kier molecular flexibility index (Phi) is 4.80. The zero-order valence-electron chi connectivity index (χ0n) is 10.3. The fraction of sp³-hybridized carbons (Fsp3) is 0.214.